The van der Waals surface area contributed by atoms with Gasteiger partial charge >= 0.3 is 11.9 Å². The van der Waals surface area contributed by atoms with Gasteiger partial charge in [-0.05, 0) is 25.3 Å². The first-order valence-corrected chi connectivity index (χ1v) is 10.4. The van der Waals surface area contributed by atoms with Gasteiger partial charge in [-0.15, -0.1) is 0 Å². The van der Waals surface area contributed by atoms with Crippen LogP contribution in [0.5, 0.6) is 11.5 Å². The van der Waals surface area contributed by atoms with E-state index in [1.165, 1.54) is 0 Å². The lowest BCUT2D eigenvalue weighted by atomic mass is 9.97. The van der Waals surface area contributed by atoms with Gasteiger partial charge in [0.05, 0.1) is 0 Å². The van der Waals surface area contributed by atoms with Crippen LogP contribution in [0.3, 0.4) is 0 Å². The maximum atomic E-state index is 12.4. The highest BCUT2D eigenvalue weighted by atomic mass is 16.5. The number of fused-ring (bicyclic) bond motifs is 2. The van der Waals surface area contributed by atoms with E-state index in [2.05, 4.69) is 0 Å². The van der Waals surface area contributed by atoms with Crippen LogP contribution in [0.15, 0.2) is 42.5 Å². The molecule has 3 rings (SSSR count). The van der Waals surface area contributed by atoms with Gasteiger partial charge in [-0.3, -0.25) is 9.59 Å². The van der Waals surface area contributed by atoms with E-state index in [1.54, 1.807) is 0 Å². The summed E-state index contributed by atoms with van der Waals surface area (Å²) in [6, 6.07) is 13.4. The Morgan fingerprint density at radius 1 is 0.724 bits per heavy atom. The molecular weight excluding hydrogens is 364 g/mol. The maximum absolute atomic E-state index is 12.4. The third-order valence-electron chi connectivity index (χ3n) is 5.06. The molecule has 29 heavy (non-hydrogen) atoms. The van der Waals surface area contributed by atoms with Crippen molar-refractivity contribution in [2.75, 3.05) is 0 Å². The molecule has 3 aromatic rings. The number of benzene rings is 3. The molecule has 0 bridgehead atoms. The number of aryl methyl sites for hydroxylation is 1. The molecule has 0 fully saturated rings. The van der Waals surface area contributed by atoms with Crippen molar-refractivity contribution < 1.29 is 19.1 Å². The van der Waals surface area contributed by atoms with Gasteiger partial charge < -0.3 is 9.47 Å². The molecule has 0 unspecified atom stereocenters. The van der Waals surface area contributed by atoms with Crippen LogP contribution in [0, 0.1) is 6.92 Å². The lowest BCUT2D eigenvalue weighted by Gasteiger charge is -2.17. The van der Waals surface area contributed by atoms with E-state index >= 15 is 0 Å². The van der Waals surface area contributed by atoms with Crippen LogP contribution < -0.4 is 9.47 Å². The fourth-order valence-corrected chi connectivity index (χ4v) is 3.51. The number of carbonyl (C=O) groups excluding carboxylic acids is 2. The van der Waals surface area contributed by atoms with Gasteiger partial charge in [0.2, 0.25) is 0 Å². The smallest absolute Gasteiger partial charge is 0.311 e. The number of esters is 2. The fourth-order valence-electron chi connectivity index (χ4n) is 3.51. The zero-order chi connectivity index (χ0) is 20.8. The third-order valence-corrected chi connectivity index (χ3v) is 5.06. The van der Waals surface area contributed by atoms with E-state index in [9.17, 15) is 9.59 Å². The molecule has 0 saturated heterocycles. The van der Waals surface area contributed by atoms with Gasteiger partial charge in [0, 0.05) is 34.4 Å². The molecule has 4 nitrogen and oxygen atoms in total. The summed E-state index contributed by atoms with van der Waals surface area (Å²) in [6.07, 6.45) is 4.21. The van der Waals surface area contributed by atoms with Crippen LogP contribution in [-0.2, 0) is 9.59 Å². The molecule has 4 heteroatoms. The molecule has 0 N–H and O–H groups in total. The minimum atomic E-state index is -0.243. The number of rotatable bonds is 8. The van der Waals surface area contributed by atoms with E-state index in [0.29, 0.717) is 24.3 Å². The average molecular weight is 392 g/mol. The quantitative estimate of drug-likeness (QED) is 0.250. The van der Waals surface area contributed by atoms with E-state index < -0.39 is 0 Å². The maximum Gasteiger partial charge on any atom is 0.311 e. The monoisotopic (exact) mass is 392 g/mol. The second kappa shape index (κ2) is 9.55. The lowest BCUT2D eigenvalue weighted by molar-refractivity contribution is -0.135. The molecule has 3 aromatic carbocycles. The van der Waals surface area contributed by atoms with E-state index in [4.69, 9.17) is 9.47 Å². The lowest BCUT2D eigenvalue weighted by Crippen LogP contribution is -2.11. The molecule has 0 aliphatic carbocycles. The molecule has 0 aliphatic rings. The number of hydrogen-bond donors (Lipinski definition) is 0. The zero-order valence-electron chi connectivity index (χ0n) is 17.4. The Morgan fingerprint density at radius 3 is 1.83 bits per heavy atom. The Hall–Kier alpha value is -2.88. The summed E-state index contributed by atoms with van der Waals surface area (Å²) in [4.78, 5) is 24.9. The largest absolute Gasteiger partial charge is 0.425 e. The number of ether oxygens (including phenoxy) is 2. The second-order valence-corrected chi connectivity index (χ2v) is 7.36. The summed E-state index contributed by atoms with van der Waals surface area (Å²) >= 11 is 0. The minimum Gasteiger partial charge on any atom is -0.425 e. The summed E-state index contributed by atoms with van der Waals surface area (Å²) in [6.45, 7) is 6.07. The topological polar surface area (TPSA) is 52.6 Å². The predicted octanol–water partition coefficient (Wildman–Crippen LogP) is 6.49. The second-order valence-electron chi connectivity index (χ2n) is 7.36. The summed E-state index contributed by atoms with van der Waals surface area (Å²) in [7, 11) is 0. The van der Waals surface area contributed by atoms with Crippen LogP contribution in [0.4, 0.5) is 0 Å². The van der Waals surface area contributed by atoms with E-state index in [-0.39, 0.29) is 11.9 Å². The van der Waals surface area contributed by atoms with Crippen LogP contribution in [0.2, 0.25) is 0 Å². The van der Waals surface area contributed by atoms with Crippen molar-refractivity contribution in [3.05, 3.63) is 48.0 Å². The van der Waals surface area contributed by atoms with Crippen molar-refractivity contribution >= 4 is 33.5 Å². The molecule has 0 radical (unpaired) electrons. The molecule has 0 aliphatic heterocycles. The summed E-state index contributed by atoms with van der Waals surface area (Å²) < 4.78 is 11.7. The number of hydrogen-bond acceptors (Lipinski definition) is 4. The SMILES string of the molecule is CCCCC(=O)Oc1c2ccccc2c(OC(=O)CCCC)c2c(C)cccc12. The molecule has 0 aromatic heterocycles. The van der Waals surface area contributed by atoms with Gasteiger partial charge in [0.25, 0.3) is 0 Å². The molecule has 0 spiro atoms. The van der Waals surface area contributed by atoms with Gasteiger partial charge in [0.15, 0.2) is 0 Å². The van der Waals surface area contributed by atoms with Crippen molar-refractivity contribution in [2.24, 2.45) is 0 Å². The van der Waals surface area contributed by atoms with Crippen molar-refractivity contribution in [1.82, 2.24) is 0 Å². The van der Waals surface area contributed by atoms with Crippen molar-refractivity contribution in [1.29, 1.82) is 0 Å². The standard InChI is InChI=1S/C25H28O4/c1-4-6-15-21(26)28-24-18-12-8-9-13-19(18)25(29-22(27)16-7-5-2)23-17(3)11-10-14-20(23)24/h8-14H,4-7,15-16H2,1-3H3. The Balaban J connectivity index is 2.19. The first-order valence-electron chi connectivity index (χ1n) is 10.4. The van der Waals surface area contributed by atoms with Crippen molar-refractivity contribution in [3.63, 3.8) is 0 Å². The first kappa shape index (κ1) is 20.8. The van der Waals surface area contributed by atoms with E-state index in [0.717, 1.165) is 52.8 Å². The summed E-state index contributed by atoms with van der Waals surface area (Å²) in [5.74, 6) is 0.596. The van der Waals surface area contributed by atoms with Gasteiger partial charge in [-0.25, -0.2) is 0 Å². The number of carbonyl (C=O) groups is 2. The van der Waals surface area contributed by atoms with Crippen molar-refractivity contribution in [2.45, 2.75) is 59.3 Å². The minimum absolute atomic E-state index is 0.241. The molecule has 0 atom stereocenters. The van der Waals surface area contributed by atoms with Crippen LogP contribution >= 0.6 is 0 Å². The fraction of sp³-hybridized carbons (Fsp3) is 0.360. The third kappa shape index (κ3) is 4.58. The summed E-state index contributed by atoms with van der Waals surface area (Å²) in [5, 5.41) is 3.15. The van der Waals surface area contributed by atoms with Crippen molar-refractivity contribution in [3.8, 4) is 11.5 Å². The van der Waals surface area contributed by atoms with Crippen LogP contribution in [0.25, 0.3) is 21.5 Å². The van der Waals surface area contributed by atoms with Crippen LogP contribution in [0.1, 0.15) is 57.9 Å². The van der Waals surface area contributed by atoms with Gasteiger partial charge in [-0.2, -0.15) is 0 Å². The zero-order valence-corrected chi connectivity index (χ0v) is 17.4. The highest BCUT2D eigenvalue weighted by Gasteiger charge is 2.21. The molecule has 0 heterocycles. The average Bonchev–Trinajstić information content (AvgIpc) is 2.73. The molecule has 152 valence electrons. The van der Waals surface area contributed by atoms with Gasteiger partial charge in [0.1, 0.15) is 11.5 Å². The molecule has 0 saturated carbocycles. The van der Waals surface area contributed by atoms with E-state index in [1.807, 2.05) is 63.2 Å². The molecular formula is C25H28O4. The Morgan fingerprint density at radius 2 is 1.24 bits per heavy atom. The summed E-state index contributed by atoms with van der Waals surface area (Å²) in [5.41, 5.74) is 0.970. The Kier molecular flexibility index (Phi) is 6.86. The number of unbranched alkanes of at least 4 members (excludes halogenated alkanes) is 2. The highest BCUT2D eigenvalue weighted by Crippen LogP contribution is 2.44. The van der Waals surface area contributed by atoms with Crippen LogP contribution in [-0.4, -0.2) is 11.9 Å². The Labute approximate surface area is 171 Å². The first-order chi connectivity index (χ1) is 14.1. The predicted molar refractivity (Wildman–Crippen MR) is 117 cm³/mol. The molecule has 0 amide bonds. The normalized spacial score (nSPS) is 11.0. The Bertz CT molecular complexity index is 1040. The highest BCUT2D eigenvalue weighted by molar-refractivity contribution is 6.13. The van der Waals surface area contributed by atoms with Gasteiger partial charge in [-0.1, -0.05) is 69.2 Å².